The van der Waals surface area contributed by atoms with Gasteiger partial charge in [0.25, 0.3) is 0 Å². The van der Waals surface area contributed by atoms with E-state index in [1.165, 1.54) is 6.08 Å². The monoisotopic (exact) mass is 294 g/mol. The highest BCUT2D eigenvalue weighted by Crippen LogP contribution is 2.54. The average Bonchev–Trinajstić information content (AvgIpc) is 2.54. The quantitative estimate of drug-likeness (QED) is 0.581. The number of hydrogen-bond acceptors (Lipinski definition) is 1. The van der Waals surface area contributed by atoms with E-state index < -0.39 is 15.8 Å². The van der Waals surface area contributed by atoms with Gasteiger partial charge in [-0.1, -0.05) is 31.5 Å². The van der Waals surface area contributed by atoms with Crippen molar-refractivity contribution in [1.82, 2.24) is 0 Å². The van der Waals surface area contributed by atoms with Gasteiger partial charge in [-0.2, -0.15) is 8.78 Å². The summed E-state index contributed by atoms with van der Waals surface area (Å²) in [6.45, 7) is 4.01. The number of carboxylic acid groups (broad SMARTS) is 1. The first-order valence-electron chi connectivity index (χ1n) is 4.30. The predicted molar refractivity (Wildman–Crippen MR) is 60.5 cm³/mol. The molecule has 1 unspecified atom stereocenters. The van der Waals surface area contributed by atoms with Gasteiger partial charge in [0.2, 0.25) is 0 Å². The van der Waals surface area contributed by atoms with E-state index in [4.69, 9.17) is 33.1 Å². The second-order valence-electron chi connectivity index (χ2n) is 4.06. The molecule has 7 heteroatoms. The Bertz CT molecular complexity index is 294. The molecule has 2 nitrogen and oxygen atoms in total. The fourth-order valence-corrected chi connectivity index (χ4v) is 1.28. The third-order valence-electron chi connectivity index (χ3n) is 2.21. The van der Waals surface area contributed by atoms with Gasteiger partial charge in [0, 0.05) is 11.6 Å². The van der Waals surface area contributed by atoms with Crippen LogP contribution in [0.3, 0.4) is 0 Å². The molecule has 0 saturated heterocycles. The van der Waals surface area contributed by atoms with Crippen molar-refractivity contribution in [3.05, 3.63) is 11.1 Å². The van der Waals surface area contributed by atoms with Crippen LogP contribution in [0.1, 0.15) is 20.3 Å². The molecule has 0 spiro atoms. The van der Waals surface area contributed by atoms with E-state index in [1.807, 2.05) is 13.8 Å². The van der Waals surface area contributed by atoms with Crippen LogP contribution in [0.15, 0.2) is 11.1 Å². The van der Waals surface area contributed by atoms with E-state index in [0.717, 1.165) is 6.42 Å². The third kappa shape index (κ3) is 6.51. The number of halogens is 5. The minimum absolute atomic E-state index is 0.113. The number of allylic oxidation sites excluding steroid dienone is 2. The van der Waals surface area contributed by atoms with Gasteiger partial charge in [0.15, 0.2) is 0 Å². The smallest absolute Gasteiger partial charge is 0.401 e. The second kappa shape index (κ2) is 5.52. The van der Waals surface area contributed by atoms with E-state index in [0.29, 0.717) is 0 Å². The zero-order valence-corrected chi connectivity index (χ0v) is 10.9. The molecule has 1 rings (SSSR count). The minimum atomic E-state index is -3.40. The molecule has 0 radical (unpaired) electrons. The predicted octanol–water partition coefficient (Wildman–Crippen LogP) is 4.89. The minimum Gasteiger partial charge on any atom is -0.469 e. The summed E-state index contributed by atoms with van der Waals surface area (Å²) >= 11 is 14.2. The first-order chi connectivity index (χ1) is 6.97. The van der Waals surface area contributed by atoms with Crippen molar-refractivity contribution in [3.8, 4) is 0 Å². The van der Waals surface area contributed by atoms with E-state index in [-0.39, 0.29) is 11.3 Å². The van der Waals surface area contributed by atoms with Crippen LogP contribution < -0.4 is 0 Å². The lowest BCUT2D eigenvalue weighted by atomic mass is 10.1. The van der Waals surface area contributed by atoms with E-state index in [1.54, 1.807) is 0 Å². The molecule has 94 valence electrons. The van der Waals surface area contributed by atoms with Crippen molar-refractivity contribution >= 4 is 40.2 Å². The number of hydrogen-bond donors (Lipinski definition) is 1. The van der Waals surface area contributed by atoms with Crippen molar-refractivity contribution in [2.75, 3.05) is 0 Å². The van der Waals surface area contributed by atoms with Crippen molar-refractivity contribution in [2.45, 2.75) is 25.7 Å². The summed E-state index contributed by atoms with van der Waals surface area (Å²) in [5.74, 6) is 0.148. The molecule has 0 bridgehead atoms. The molecular formula is C9H11Cl3F2O2. The van der Waals surface area contributed by atoms with E-state index >= 15 is 0 Å². The molecule has 1 aliphatic rings. The molecule has 0 aromatic heterocycles. The van der Waals surface area contributed by atoms with Crippen LogP contribution in [0.25, 0.3) is 0 Å². The Hall–Kier alpha value is -0.0600. The molecule has 0 aromatic rings. The highest BCUT2D eigenvalue weighted by molar-refractivity contribution is 6.60. The van der Waals surface area contributed by atoms with Crippen LogP contribution in [0.2, 0.25) is 0 Å². The van der Waals surface area contributed by atoms with Gasteiger partial charge in [-0.15, -0.1) is 0 Å². The maximum atomic E-state index is 12.3. The van der Waals surface area contributed by atoms with Crippen LogP contribution in [0, 0.1) is 11.3 Å². The summed E-state index contributed by atoms with van der Waals surface area (Å²) in [6, 6.07) is 0. The lowest BCUT2D eigenvalue weighted by Gasteiger charge is -2.05. The number of alkyl halides is 3. The summed E-state index contributed by atoms with van der Waals surface area (Å²) in [4.78, 5) is 8.77. The summed E-state index contributed by atoms with van der Waals surface area (Å²) in [7, 11) is 0. The normalized spacial score (nSPS) is 23.2. The van der Waals surface area contributed by atoms with Crippen LogP contribution in [-0.2, 0) is 0 Å². The largest absolute Gasteiger partial charge is 0.469 e. The van der Waals surface area contributed by atoms with Gasteiger partial charge in [-0.25, -0.2) is 4.79 Å². The summed E-state index contributed by atoms with van der Waals surface area (Å²) < 4.78 is 24.6. The molecule has 0 aliphatic heterocycles. The van der Waals surface area contributed by atoms with Crippen molar-refractivity contribution < 1.29 is 18.7 Å². The summed E-state index contributed by atoms with van der Waals surface area (Å²) in [5, 5.41) is 3.22. The number of carbonyl (C=O) groups is 1. The molecule has 0 heterocycles. The van der Waals surface area contributed by atoms with E-state index in [2.05, 4.69) is 11.6 Å². The zero-order valence-electron chi connectivity index (χ0n) is 8.61. The first kappa shape index (κ1) is 15.9. The first-order valence-corrected chi connectivity index (χ1v) is 5.43. The van der Waals surface area contributed by atoms with Gasteiger partial charge in [0.05, 0.1) is 5.03 Å². The maximum absolute atomic E-state index is 12.3. The van der Waals surface area contributed by atoms with Crippen LogP contribution >= 0.6 is 34.8 Å². The Morgan fingerprint density at radius 3 is 2.00 bits per heavy atom. The van der Waals surface area contributed by atoms with Crippen molar-refractivity contribution in [2.24, 2.45) is 11.3 Å². The maximum Gasteiger partial charge on any atom is 0.401 e. The molecule has 16 heavy (non-hydrogen) atoms. The Kier molecular flexibility index (Phi) is 5.50. The lowest BCUT2D eigenvalue weighted by molar-refractivity contribution is 0.147. The zero-order chi connectivity index (χ0) is 13.1. The standard InChI is InChI=1S/C8H10Cl2F2.CHClO2/c1-7(2)4-5(7)3-6(9)8(10,11)12;2-1(3)4/h3,5H,4H2,1-2H3;(H,3,4). The summed E-state index contributed by atoms with van der Waals surface area (Å²) in [5.41, 5.74) is -1.25. The molecule has 0 amide bonds. The molecule has 1 saturated carbocycles. The van der Waals surface area contributed by atoms with Gasteiger partial charge >= 0.3 is 10.8 Å². The Labute approximate surface area is 107 Å². The Morgan fingerprint density at radius 1 is 1.50 bits per heavy atom. The Morgan fingerprint density at radius 2 is 1.81 bits per heavy atom. The van der Waals surface area contributed by atoms with Gasteiger partial charge < -0.3 is 5.11 Å². The highest BCUT2D eigenvalue weighted by atomic mass is 35.5. The van der Waals surface area contributed by atoms with Gasteiger partial charge in [0.1, 0.15) is 0 Å². The molecule has 1 atom stereocenters. The average molecular weight is 296 g/mol. The lowest BCUT2D eigenvalue weighted by Crippen LogP contribution is -2.05. The van der Waals surface area contributed by atoms with Crippen LogP contribution in [-0.4, -0.2) is 15.9 Å². The molecule has 1 fully saturated rings. The van der Waals surface area contributed by atoms with Crippen molar-refractivity contribution in [1.29, 1.82) is 0 Å². The van der Waals surface area contributed by atoms with E-state index in [9.17, 15) is 8.78 Å². The summed E-state index contributed by atoms with van der Waals surface area (Å²) in [6.07, 6.45) is 2.25. The highest BCUT2D eigenvalue weighted by Gasteiger charge is 2.45. The van der Waals surface area contributed by atoms with Crippen molar-refractivity contribution in [3.63, 3.8) is 0 Å². The molecule has 0 aromatic carbocycles. The molecule has 1 N–H and O–H groups in total. The second-order valence-corrected chi connectivity index (χ2v) is 5.27. The topological polar surface area (TPSA) is 37.3 Å². The SMILES string of the molecule is CC1(C)CC1C=C(Cl)C(F)(F)Cl.O=C(O)Cl. The molecule has 1 aliphatic carbocycles. The number of rotatable bonds is 2. The fraction of sp³-hybridized carbons (Fsp3) is 0.667. The van der Waals surface area contributed by atoms with Gasteiger partial charge in [-0.05, 0) is 29.4 Å². The third-order valence-corrected chi connectivity index (χ3v) is 2.87. The van der Waals surface area contributed by atoms with Crippen LogP contribution in [0.4, 0.5) is 13.6 Å². The molecular weight excluding hydrogens is 284 g/mol. The Balaban J connectivity index is 0.000000487. The fourth-order valence-electron chi connectivity index (χ4n) is 1.06. The van der Waals surface area contributed by atoms with Gasteiger partial charge in [-0.3, -0.25) is 0 Å². The van der Waals surface area contributed by atoms with Crippen LogP contribution in [0.5, 0.6) is 0 Å².